The Morgan fingerprint density at radius 3 is 2.31 bits per heavy atom. The van der Waals surface area contributed by atoms with Gasteiger partial charge in [0.2, 0.25) is 0 Å². The van der Waals surface area contributed by atoms with Gasteiger partial charge in [-0.1, -0.05) is 12.8 Å². The van der Waals surface area contributed by atoms with Crippen LogP contribution in [-0.4, -0.2) is 31.0 Å². The Hall–Kier alpha value is 0.270. The minimum absolute atomic E-state index is 0.0195. The highest BCUT2D eigenvalue weighted by molar-refractivity contribution is 7.99. The fourth-order valence-electron chi connectivity index (χ4n) is 2.19. The average molecular weight is 246 g/mol. The zero-order valence-corrected chi connectivity index (χ0v) is 11.6. The van der Waals surface area contributed by atoms with Crippen LogP contribution in [0.25, 0.3) is 0 Å². The lowest BCUT2D eigenvalue weighted by Crippen LogP contribution is -2.18. The number of rotatable bonds is 9. The standard InChI is InChI=1S/C13H26O2S/c1-3-14-13(15-4-2)9-10-16-11-12-7-5-6-8-12/h12-13H,3-11H2,1-2H3. The smallest absolute Gasteiger partial charge is 0.158 e. The van der Waals surface area contributed by atoms with Crippen molar-refractivity contribution in [1.29, 1.82) is 0 Å². The summed E-state index contributed by atoms with van der Waals surface area (Å²) >= 11 is 2.07. The van der Waals surface area contributed by atoms with E-state index in [2.05, 4.69) is 11.8 Å². The first kappa shape index (κ1) is 14.3. The molecule has 0 aromatic rings. The van der Waals surface area contributed by atoms with E-state index in [1.165, 1.54) is 37.2 Å². The van der Waals surface area contributed by atoms with Gasteiger partial charge in [0.05, 0.1) is 0 Å². The third kappa shape index (κ3) is 6.12. The van der Waals surface area contributed by atoms with Crippen molar-refractivity contribution >= 4 is 11.8 Å². The molecule has 1 saturated carbocycles. The van der Waals surface area contributed by atoms with Crippen LogP contribution >= 0.6 is 11.8 Å². The highest BCUT2D eigenvalue weighted by atomic mass is 32.2. The van der Waals surface area contributed by atoms with Gasteiger partial charge in [0.1, 0.15) is 0 Å². The largest absolute Gasteiger partial charge is 0.353 e. The molecule has 1 aliphatic rings. The maximum absolute atomic E-state index is 5.52. The van der Waals surface area contributed by atoms with Crippen LogP contribution in [0, 0.1) is 5.92 Å². The Kier molecular flexibility index (Phi) is 8.34. The predicted octanol–water partition coefficient (Wildman–Crippen LogP) is 3.70. The minimum atomic E-state index is 0.0195. The van der Waals surface area contributed by atoms with Crippen molar-refractivity contribution in [3.05, 3.63) is 0 Å². The van der Waals surface area contributed by atoms with E-state index in [1.807, 2.05) is 13.8 Å². The molecule has 1 fully saturated rings. The van der Waals surface area contributed by atoms with Crippen LogP contribution in [0.15, 0.2) is 0 Å². The van der Waals surface area contributed by atoms with E-state index < -0.39 is 0 Å². The normalized spacial score (nSPS) is 17.4. The molecule has 1 aliphatic carbocycles. The van der Waals surface area contributed by atoms with Gasteiger partial charge in [0.15, 0.2) is 6.29 Å². The van der Waals surface area contributed by atoms with Gasteiger partial charge in [-0.15, -0.1) is 0 Å². The first-order valence-corrected chi connectivity index (χ1v) is 7.83. The molecule has 0 heterocycles. The van der Waals surface area contributed by atoms with E-state index >= 15 is 0 Å². The first-order chi connectivity index (χ1) is 7.86. The van der Waals surface area contributed by atoms with Crippen molar-refractivity contribution in [2.24, 2.45) is 5.92 Å². The van der Waals surface area contributed by atoms with Crippen molar-refractivity contribution in [3.63, 3.8) is 0 Å². The summed E-state index contributed by atoms with van der Waals surface area (Å²) < 4.78 is 11.0. The lowest BCUT2D eigenvalue weighted by molar-refractivity contribution is -0.136. The molecule has 3 heteroatoms. The first-order valence-electron chi connectivity index (χ1n) is 6.67. The monoisotopic (exact) mass is 246 g/mol. The Morgan fingerprint density at radius 2 is 1.75 bits per heavy atom. The van der Waals surface area contributed by atoms with Gasteiger partial charge in [-0.2, -0.15) is 11.8 Å². The Balaban J connectivity index is 1.98. The SMILES string of the molecule is CCOC(CCSCC1CCCC1)OCC. The molecule has 96 valence electrons. The zero-order chi connectivity index (χ0) is 11.6. The van der Waals surface area contributed by atoms with Crippen LogP contribution in [0.3, 0.4) is 0 Å². The molecule has 0 amide bonds. The summed E-state index contributed by atoms with van der Waals surface area (Å²) in [5, 5.41) is 0. The molecule has 1 rings (SSSR count). The molecule has 0 N–H and O–H groups in total. The van der Waals surface area contributed by atoms with E-state index in [0.29, 0.717) is 0 Å². The van der Waals surface area contributed by atoms with Crippen molar-refractivity contribution < 1.29 is 9.47 Å². The maximum Gasteiger partial charge on any atom is 0.158 e. The second-order valence-corrected chi connectivity index (χ2v) is 5.50. The molecule has 0 aliphatic heterocycles. The second kappa shape index (κ2) is 9.32. The summed E-state index contributed by atoms with van der Waals surface area (Å²) in [7, 11) is 0. The molecular formula is C13H26O2S. The lowest BCUT2D eigenvalue weighted by atomic mass is 10.1. The molecule has 0 aromatic carbocycles. The average Bonchev–Trinajstić information content (AvgIpc) is 2.78. The minimum Gasteiger partial charge on any atom is -0.353 e. The highest BCUT2D eigenvalue weighted by Crippen LogP contribution is 2.28. The molecule has 0 radical (unpaired) electrons. The quantitative estimate of drug-likeness (QED) is 0.456. The van der Waals surface area contributed by atoms with E-state index in [-0.39, 0.29) is 6.29 Å². The molecule has 0 bridgehead atoms. The van der Waals surface area contributed by atoms with Crippen LogP contribution in [0.2, 0.25) is 0 Å². The van der Waals surface area contributed by atoms with Gasteiger partial charge in [-0.25, -0.2) is 0 Å². The Labute approximate surface area is 104 Å². The van der Waals surface area contributed by atoms with Crippen LogP contribution in [-0.2, 0) is 9.47 Å². The summed E-state index contributed by atoms with van der Waals surface area (Å²) in [6, 6.07) is 0. The van der Waals surface area contributed by atoms with Crippen LogP contribution in [0.5, 0.6) is 0 Å². The lowest BCUT2D eigenvalue weighted by Gasteiger charge is -2.17. The molecular weight excluding hydrogens is 220 g/mol. The van der Waals surface area contributed by atoms with Gasteiger partial charge in [0, 0.05) is 19.6 Å². The summed E-state index contributed by atoms with van der Waals surface area (Å²) in [5.74, 6) is 3.49. The second-order valence-electron chi connectivity index (χ2n) is 4.35. The topological polar surface area (TPSA) is 18.5 Å². The zero-order valence-electron chi connectivity index (χ0n) is 10.7. The van der Waals surface area contributed by atoms with Gasteiger partial charge in [0.25, 0.3) is 0 Å². The van der Waals surface area contributed by atoms with Crippen molar-refractivity contribution in [2.75, 3.05) is 24.7 Å². The number of thioether (sulfide) groups is 1. The number of hydrogen-bond donors (Lipinski definition) is 0. The van der Waals surface area contributed by atoms with Gasteiger partial charge in [-0.3, -0.25) is 0 Å². The van der Waals surface area contributed by atoms with Gasteiger partial charge < -0.3 is 9.47 Å². The van der Waals surface area contributed by atoms with Crippen LogP contribution < -0.4 is 0 Å². The van der Waals surface area contributed by atoms with E-state index in [9.17, 15) is 0 Å². The molecule has 0 atom stereocenters. The van der Waals surface area contributed by atoms with Crippen molar-refractivity contribution in [2.45, 2.75) is 52.2 Å². The summed E-state index contributed by atoms with van der Waals surface area (Å²) in [4.78, 5) is 0. The molecule has 0 saturated heterocycles. The highest BCUT2D eigenvalue weighted by Gasteiger charge is 2.15. The van der Waals surface area contributed by atoms with Crippen molar-refractivity contribution in [1.82, 2.24) is 0 Å². The van der Waals surface area contributed by atoms with E-state index in [4.69, 9.17) is 9.47 Å². The molecule has 0 aromatic heterocycles. The summed E-state index contributed by atoms with van der Waals surface area (Å²) in [6.45, 7) is 5.55. The Morgan fingerprint density at radius 1 is 1.12 bits per heavy atom. The number of ether oxygens (including phenoxy) is 2. The summed E-state index contributed by atoms with van der Waals surface area (Å²) in [6.07, 6.45) is 6.85. The third-order valence-corrected chi connectivity index (χ3v) is 4.26. The number of hydrogen-bond acceptors (Lipinski definition) is 3. The van der Waals surface area contributed by atoms with Gasteiger partial charge >= 0.3 is 0 Å². The van der Waals surface area contributed by atoms with Crippen molar-refractivity contribution in [3.8, 4) is 0 Å². The van der Waals surface area contributed by atoms with Crippen LogP contribution in [0.1, 0.15) is 46.0 Å². The maximum atomic E-state index is 5.52. The van der Waals surface area contributed by atoms with Crippen LogP contribution in [0.4, 0.5) is 0 Å². The molecule has 2 nitrogen and oxygen atoms in total. The summed E-state index contributed by atoms with van der Waals surface area (Å²) in [5.41, 5.74) is 0. The fourth-order valence-corrected chi connectivity index (χ4v) is 3.39. The molecule has 16 heavy (non-hydrogen) atoms. The van der Waals surface area contributed by atoms with Gasteiger partial charge in [-0.05, 0) is 44.1 Å². The predicted molar refractivity (Wildman–Crippen MR) is 70.9 cm³/mol. The Bertz CT molecular complexity index is 152. The van der Waals surface area contributed by atoms with E-state index in [1.54, 1.807) is 0 Å². The third-order valence-electron chi connectivity index (χ3n) is 3.03. The van der Waals surface area contributed by atoms with E-state index in [0.717, 1.165) is 25.6 Å². The molecule has 0 unspecified atom stereocenters. The fraction of sp³-hybridized carbons (Fsp3) is 1.00. The molecule has 0 spiro atoms.